The van der Waals surface area contributed by atoms with Gasteiger partial charge in [-0.15, -0.1) is 0 Å². The molecule has 0 fully saturated rings. The summed E-state index contributed by atoms with van der Waals surface area (Å²) in [5.74, 6) is -2.29. The van der Waals surface area contributed by atoms with Crippen LogP contribution >= 0.6 is 0 Å². The van der Waals surface area contributed by atoms with Crippen LogP contribution in [0.4, 0.5) is 0 Å². The molecule has 0 radical (unpaired) electrons. The molecule has 0 aliphatic heterocycles. The molecule has 0 saturated carbocycles. The van der Waals surface area contributed by atoms with Crippen molar-refractivity contribution < 1.29 is 42.9 Å². The summed E-state index contributed by atoms with van der Waals surface area (Å²) in [7, 11) is 5.93. The Morgan fingerprint density at radius 1 is 0.297 bits per heavy atom. The van der Waals surface area contributed by atoms with Crippen molar-refractivity contribution in [1.82, 2.24) is 0 Å². The predicted molar refractivity (Wildman–Crippen MR) is 434 cm³/mol. The van der Waals surface area contributed by atoms with E-state index in [9.17, 15) is 19.5 Å². The van der Waals surface area contributed by atoms with Gasteiger partial charge in [0, 0.05) is 12.8 Å². The summed E-state index contributed by atoms with van der Waals surface area (Å²) in [4.78, 5) is 37.6. The molecule has 0 aromatic rings. The summed E-state index contributed by atoms with van der Waals surface area (Å²) < 4.78 is 22.9. The first-order valence-corrected chi connectivity index (χ1v) is 40.6. The zero-order valence-electron chi connectivity index (χ0n) is 65.2. The van der Waals surface area contributed by atoms with Gasteiger partial charge in [0.2, 0.25) is 0 Å². The number of quaternary nitrogens is 1. The van der Waals surface area contributed by atoms with E-state index < -0.39 is 24.3 Å². The van der Waals surface area contributed by atoms with E-state index in [4.69, 9.17) is 18.9 Å². The third-order valence-corrected chi connectivity index (χ3v) is 16.8. The third kappa shape index (κ3) is 81.3. The van der Waals surface area contributed by atoms with Crippen LogP contribution in [0.25, 0.3) is 0 Å². The SMILES string of the molecule is CC/C=C\C/C=C\C/C=C\C/C=C\C/C=C\C/C=C\C/C=C\C/C=C\C/C=C\C/C=C\CCCCCCCCCCCCC(=O)OC(COC(=O)CCCCCCCCCCCCCCCCCC/C=C\C/C=C\C/C=C\C/C=C\C/C=C\C/C=C\CC)COC(OCC[N+](C)(C)C)C(=O)[O-]. The molecule has 0 bridgehead atoms. The molecule has 0 heterocycles. The highest BCUT2D eigenvalue weighted by Crippen LogP contribution is 2.17. The fourth-order valence-electron chi connectivity index (χ4n) is 10.7. The number of unbranched alkanes of at least 4 members (excludes halogenated alkanes) is 26. The molecule has 0 aromatic carbocycles. The van der Waals surface area contributed by atoms with Crippen molar-refractivity contribution in [2.24, 2.45) is 0 Å². The van der Waals surface area contributed by atoms with E-state index in [-0.39, 0.29) is 38.6 Å². The van der Waals surface area contributed by atoms with Crippen LogP contribution in [0.1, 0.15) is 309 Å². The summed E-state index contributed by atoms with van der Waals surface area (Å²) >= 11 is 0. The molecular formula is C92H149NO8. The Kier molecular flexibility index (Phi) is 75.2. The first-order valence-electron chi connectivity index (χ1n) is 40.6. The maximum Gasteiger partial charge on any atom is 0.306 e. The number of aliphatic carboxylic acids is 1. The fraction of sp³-hybridized carbons (Fsp3) is 0.620. The molecule has 0 rings (SSSR count). The number of nitrogens with zero attached hydrogens (tertiary/aromatic N) is 1. The summed E-state index contributed by atoms with van der Waals surface area (Å²) in [6, 6.07) is 0. The minimum atomic E-state index is -1.63. The number of ether oxygens (including phenoxy) is 4. The minimum absolute atomic E-state index is 0.139. The van der Waals surface area contributed by atoms with Gasteiger partial charge in [-0.1, -0.05) is 350 Å². The largest absolute Gasteiger partial charge is 0.545 e. The van der Waals surface area contributed by atoms with Crippen molar-refractivity contribution in [1.29, 1.82) is 0 Å². The van der Waals surface area contributed by atoms with Gasteiger partial charge in [-0.3, -0.25) is 9.59 Å². The van der Waals surface area contributed by atoms with Gasteiger partial charge in [0.15, 0.2) is 12.4 Å². The summed E-state index contributed by atoms with van der Waals surface area (Å²) in [5.41, 5.74) is 0. The molecule has 0 aromatic heterocycles. The Hall–Kier alpha value is -5.87. The Labute approximate surface area is 621 Å². The van der Waals surface area contributed by atoms with E-state index in [1.54, 1.807) is 0 Å². The average molecular weight is 1400 g/mol. The lowest BCUT2D eigenvalue weighted by Crippen LogP contribution is -2.44. The van der Waals surface area contributed by atoms with Gasteiger partial charge in [-0.05, 0) is 141 Å². The number of esters is 2. The van der Waals surface area contributed by atoms with E-state index in [1.807, 2.05) is 21.1 Å². The molecule has 0 spiro atoms. The number of hydrogen-bond acceptors (Lipinski definition) is 8. The molecule has 0 amide bonds. The summed E-state index contributed by atoms with van der Waals surface area (Å²) in [6.07, 6.45) is 120. The first-order chi connectivity index (χ1) is 49.6. The topological polar surface area (TPSA) is 111 Å². The van der Waals surface area contributed by atoms with Crippen LogP contribution in [-0.2, 0) is 33.3 Å². The molecule has 101 heavy (non-hydrogen) atoms. The standard InChI is InChI=1S/C92H149NO8/c1-6-8-10-12-14-16-18-20-22-24-26-28-30-32-34-36-38-40-42-43-44-45-46-47-49-51-53-55-57-59-61-63-65-67-69-71-73-75-77-79-81-83-90(95)101-88(87-100-92(91(96)97)98-85-84-93(3,4)5)86-99-89(94)82-80-78-76-74-72-70-68-66-64-62-60-58-56-54-52-50-48-41-39-37-35-33-31-29-27-25-23-21-19-17-15-13-11-9-7-2/h8-11,14-17,20-23,26-29,32-35,38-41,43-44,46-47,51,53,57,59,88,92H,6-7,12-13,18-19,24-25,30-31,36-37,42,45,48-50,52,54-56,58,60-87H2,1-5H3/b10-8-,11-9-,16-14-,17-15-,22-20-,23-21-,28-26-,29-27-,34-32-,35-33-,40-38-,41-39-,44-43-,47-46-,53-51-,59-57-. The number of hydrogen-bond donors (Lipinski definition) is 0. The van der Waals surface area contributed by atoms with Gasteiger partial charge in [0.05, 0.1) is 40.3 Å². The van der Waals surface area contributed by atoms with Gasteiger partial charge in [-0.2, -0.15) is 0 Å². The van der Waals surface area contributed by atoms with E-state index in [1.165, 1.54) is 128 Å². The molecule has 9 heteroatoms. The van der Waals surface area contributed by atoms with Crippen molar-refractivity contribution in [3.8, 4) is 0 Å². The van der Waals surface area contributed by atoms with Crippen LogP contribution in [-0.4, -0.2) is 82.3 Å². The number of carboxylic acids is 1. The predicted octanol–water partition coefficient (Wildman–Crippen LogP) is 25.1. The van der Waals surface area contributed by atoms with Crippen molar-refractivity contribution in [3.05, 3.63) is 194 Å². The summed E-state index contributed by atoms with van der Waals surface area (Å²) in [6.45, 7) is 4.52. The zero-order chi connectivity index (χ0) is 73.2. The molecule has 2 unspecified atom stereocenters. The second-order valence-corrected chi connectivity index (χ2v) is 27.6. The monoisotopic (exact) mass is 1400 g/mol. The van der Waals surface area contributed by atoms with Crippen LogP contribution in [0.15, 0.2) is 194 Å². The van der Waals surface area contributed by atoms with Gasteiger partial charge >= 0.3 is 11.9 Å². The van der Waals surface area contributed by atoms with Crippen molar-refractivity contribution in [2.75, 3.05) is 47.5 Å². The van der Waals surface area contributed by atoms with Crippen molar-refractivity contribution in [2.45, 2.75) is 322 Å². The zero-order valence-corrected chi connectivity index (χ0v) is 65.2. The van der Waals surface area contributed by atoms with Crippen LogP contribution in [0.5, 0.6) is 0 Å². The Bertz CT molecular complexity index is 2380. The number of rotatable bonds is 73. The van der Waals surface area contributed by atoms with Crippen LogP contribution in [0.2, 0.25) is 0 Å². The normalized spacial score (nSPS) is 13.7. The highest BCUT2D eigenvalue weighted by atomic mass is 16.7. The molecule has 9 nitrogen and oxygen atoms in total. The molecule has 0 N–H and O–H groups in total. The maximum absolute atomic E-state index is 13.0. The van der Waals surface area contributed by atoms with Gasteiger partial charge in [-0.25, -0.2) is 0 Å². The fourth-order valence-corrected chi connectivity index (χ4v) is 10.7. The summed E-state index contributed by atoms with van der Waals surface area (Å²) in [5, 5.41) is 11.9. The lowest BCUT2D eigenvalue weighted by atomic mass is 10.0. The first kappa shape index (κ1) is 95.1. The molecule has 0 aliphatic rings. The maximum atomic E-state index is 13.0. The molecule has 0 aliphatic carbocycles. The van der Waals surface area contributed by atoms with E-state index in [0.717, 1.165) is 148 Å². The number of carbonyl (C=O) groups is 3. The van der Waals surface area contributed by atoms with Crippen LogP contribution in [0.3, 0.4) is 0 Å². The van der Waals surface area contributed by atoms with Crippen LogP contribution in [0, 0.1) is 0 Å². The highest BCUT2D eigenvalue weighted by Gasteiger charge is 2.22. The number of allylic oxidation sites excluding steroid dienone is 32. The van der Waals surface area contributed by atoms with E-state index >= 15 is 0 Å². The van der Waals surface area contributed by atoms with Crippen molar-refractivity contribution >= 4 is 17.9 Å². The average Bonchev–Trinajstić information content (AvgIpc) is 1.21. The van der Waals surface area contributed by atoms with Crippen molar-refractivity contribution in [3.63, 3.8) is 0 Å². The van der Waals surface area contributed by atoms with E-state index in [2.05, 4.69) is 208 Å². The highest BCUT2D eigenvalue weighted by molar-refractivity contribution is 5.70. The quantitative estimate of drug-likeness (QED) is 0.0195. The lowest BCUT2D eigenvalue weighted by Gasteiger charge is -2.26. The minimum Gasteiger partial charge on any atom is -0.545 e. The Balaban J connectivity index is 4.10. The second kappa shape index (κ2) is 79.8. The number of carboxylic acid groups (broad SMARTS) is 1. The molecule has 570 valence electrons. The molecular weight excluding hydrogens is 1250 g/mol. The lowest BCUT2D eigenvalue weighted by molar-refractivity contribution is -0.870. The smallest absolute Gasteiger partial charge is 0.306 e. The second-order valence-electron chi connectivity index (χ2n) is 27.6. The van der Waals surface area contributed by atoms with Crippen LogP contribution < -0.4 is 5.11 Å². The number of carbonyl (C=O) groups excluding carboxylic acids is 3. The van der Waals surface area contributed by atoms with Gasteiger partial charge < -0.3 is 33.3 Å². The van der Waals surface area contributed by atoms with E-state index in [0.29, 0.717) is 17.4 Å². The van der Waals surface area contributed by atoms with Gasteiger partial charge in [0.1, 0.15) is 13.2 Å². The van der Waals surface area contributed by atoms with Gasteiger partial charge in [0.25, 0.3) is 0 Å². The number of likely N-dealkylation sites (N-methyl/N-ethyl adjacent to an activating group) is 1. The Morgan fingerprint density at radius 3 is 0.792 bits per heavy atom. The third-order valence-electron chi connectivity index (χ3n) is 16.8. The molecule has 2 atom stereocenters. The Morgan fingerprint density at radius 2 is 0.535 bits per heavy atom. The molecule has 0 saturated heterocycles.